The normalized spacial score (nSPS) is 24.0. The smallest absolute Gasteiger partial charge is 0.147 e. The molecule has 1 saturated heterocycles. The van der Waals surface area contributed by atoms with Crippen molar-refractivity contribution in [2.24, 2.45) is 0 Å². The maximum atomic E-state index is 7.00. The SMILES string of the molecule is CN1CCN([C@H]2C[C@@H](c3nc(-c4ccc5ccc(-c6ccccc6)nc5c4)c4n3C=CN(C)C4Cl)C2)CC1. The number of imidazole rings is 1. The topological polar surface area (TPSA) is 40.4 Å². The summed E-state index contributed by atoms with van der Waals surface area (Å²) in [6, 6.07) is 21.7. The van der Waals surface area contributed by atoms with Crippen LogP contribution in [0.4, 0.5) is 0 Å². The molecule has 2 fully saturated rings. The molecule has 0 N–H and O–H groups in total. The summed E-state index contributed by atoms with van der Waals surface area (Å²) in [5.41, 5.74) is 5.87. The molecule has 1 unspecified atom stereocenters. The van der Waals surface area contributed by atoms with E-state index in [0.717, 1.165) is 70.9 Å². The molecule has 0 amide bonds. The largest absolute Gasteiger partial charge is 0.358 e. The maximum absolute atomic E-state index is 7.00. The zero-order valence-corrected chi connectivity index (χ0v) is 22.7. The number of likely N-dealkylation sites (N-methyl/N-ethyl adjacent to an activating group) is 1. The average molecular weight is 525 g/mol. The van der Waals surface area contributed by atoms with Crippen LogP contribution in [0.15, 0.2) is 66.9 Å². The van der Waals surface area contributed by atoms with E-state index in [-0.39, 0.29) is 5.50 Å². The Kier molecular flexibility index (Phi) is 5.99. The summed E-state index contributed by atoms with van der Waals surface area (Å²) in [6.07, 6.45) is 6.52. The average Bonchev–Trinajstić information content (AvgIpc) is 3.30. The lowest BCUT2D eigenvalue weighted by Gasteiger charge is -2.45. The van der Waals surface area contributed by atoms with Gasteiger partial charge in [-0.05, 0) is 32.0 Å². The second-order valence-electron chi connectivity index (χ2n) is 11.0. The van der Waals surface area contributed by atoms with E-state index >= 15 is 0 Å². The lowest BCUT2D eigenvalue weighted by atomic mass is 9.78. The quantitative estimate of drug-likeness (QED) is 0.247. The predicted molar refractivity (Wildman–Crippen MR) is 155 cm³/mol. The van der Waals surface area contributed by atoms with Crippen molar-refractivity contribution in [1.29, 1.82) is 0 Å². The first-order valence-electron chi connectivity index (χ1n) is 13.6. The molecule has 1 aliphatic carbocycles. The second-order valence-corrected chi connectivity index (χ2v) is 11.4. The van der Waals surface area contributed by atoms with Gasteiger partial charge in [-0.1, -0.05) is 60.1 Å². The van der Waals surface area contributed by atoms with E-state index in [4.69, 9.17) is 21.6 Å². The highest BCUT2D eigenvalue weighted by atomic mass is 35.5. The van der Waals surface area contributed by atoms with Crippen LogP contribution in [0, 0.1) is 0 Å². The number of pyridine rings is 1. The van der Waals surface area contributed by atoms with Gasteiger partial charge in [0.05, 0.1) is 22.6 Å². The van der Waals surface area contributed by atoms with Gasteiger partial charge in [0.25, 0.3) is 0 Å². The van der Waals surface area contributed by atoms with Crippen LogP contribution in [-0.2, 0) is 0 Å². The molecule has 38 heavy (non-hydrogen) atoms. The molecular weight excluding hydrogens is 492 g/mol. The van der Waals surface area contributed by atoms with Gasteiger partial charge in [0.15, 0.2) is 0 Å². The number of rotatable bonds is 4. The van der Waals surface area contributed by atoms with Crippen LogP contribution in [0.3, 0.4) is 0 Å². The van der Waals surface area contributed by atoms with Crippen LogP contribution >= 0.6 is 11.6 Å². The van der Waals surface area contributed by atoms with E-state index < -0.39 is 0 Å². The third kappa shape index (κ3) is 4.12. The Morgan fingerprint density at radius 2 is 1.58 bits per heavy atom. The van der Waals surface area contributed by atoms with Gasteiger partial charge in [0, 0.05) is 74.1 Å². The molecule has 2 aromatic carbocycles. The first-order valence-corrected chi connectivity index (χ1v) is 14.0. The lowest BCUT2D eigenvalue weighted by Crippen LogP contribution is -2.52. The fourth-order valence-corrected chi connectivity index (χ4v) is 6.38. The molecule has 4 aromatic rings. The van der Waals surface area contributed by atoms with Crippen LogP contribution in [0.2, 0.25) is 0 Å². The van der Waals surface area contributed by atoms with Crippen LogP contribution in [0.1, 0.15) is 35.8 Å². The number of hydrogen-bond donors (Lipinski definition) is 0. The number of piperazine rings is 1. The van der Waals surface area contributed by atoms with Gasteiger partial charge in [-0.15, -0.1) is 0 Å². The third-order valence-corrected chi connectivity index (χ3v) is 9.09. The van der Waals surface area contributed by atoms with Gasteiger partial charge in [0.1, 0.15) is 11.3 Å². The predicted octanol–water partition coefficient (Wildman–Crippen LogP) is 5.87. The fraction of sp³-hybridized carbons (Fsp3) is 0.355. The minimum Gasteiger partial charge on any atom is -0.358 e. The van der Waals surface area contributed by atoms with Crippen molar-refractivity contribution >= 4 is 28.7 Å². The second kappa shape index (κ2) is 9.53. The lowest BCUT2D eigenvalue weighted by molar-refractivity contribution is 0.0584. The van der Waals surface area contributed by atoms with Gasteiger partial charge < -0.3 is 14.4 Å². The van der Waals surface area contributed by atoms with Crippen molar-refractivity contribution in [3.8, 4) is 22.5 Å². The number of halogens is 1. The van der Waals surface area contributed by atoms with E-state index in [1.54, 1.807) is 0 Å². The highest BCUT2D eigenvalue weighted by Gasteiger charge is 2.40. The Morgan fingerprint density at radius 3 is 2.37 bits per heavy atom. The van der Waals surface area contributed by atoms with E-state index in [2.05, 4.69) is 88.4 Å². The number of aromatic nitrogens is 3. The van der Waals surface area contributed by atoms with Gasteiger partial charge in [-0.25, -0.2) is 9.97 Å². The molecule has 1 atom stereocenters. The van der Waals surface area contributed by atoms with E-state index in [9.17, 15) is 0 Å². The van der Waals surface area contributed by atoms with Crippen LogP contribution in [-0.4, -0.2) is 75.6 Å². The van der Waals surface area contributed by atoms with Gasteiger partial charge >= 0.3 is 0 Å². The molecule has 2 aliphatic heterocycles. The van der Waals surface area contributed by atoms with Crippen molar-refractivity contribution in [3.63, 3.8) is 0 Å². The standard InChI is InChI=1S/C31H33ClN6/c1-35-12-15-37(16-13-35)25-18-24(19-25)31-34-28(29-30(32)36(2)14-17-38(29)31)23-9-8-22-10-11-26(33-27(22)20-23)21-6-4-3-5-7-21/h3-11,14,17,20,24-25,30H,12-13,15-16,18-19H2,1-2H3/t24-,25+,30?. The Bertz CT molecular complexity index is 1500. The molecule has 2 aromatic heterocycles. The summed E-state index contributed by atoms with van der Waals surface area (Å²) >= 11 is 7.00. The van der Waals surface area contributed by atoms with E-state index in [1.807, 2.05) is 18.0 Å². The zero-order valence-electron chi connectivity index (χ0n) is 22.0. The molecule has 6 nitrogen and oxygen atoms in total. The van der Waals surface area contributed by atoms with Crippen LogP contribution in [0.25, 0.3) is 39.6 Å². The van der Waals surface area contributed by atoms with Crippen LogP contribution < -0.4 is 0 Å². The van der Waals surface area contributed by atoms with Crippen LogP contribution in [0.5, 0.6) is 0 Å². The third-order valence-electron chi connectivity index (χ3n) is 8.58. The highest BCUT2D eigenvalue weighted by molar-refractivity contribution is 6.21. The first-order chi connectivity index (χ1) is 18.5. The zero-order chi connectivity index (χ0) is 25.8. The fourth-order valence-electron chi connectivity index (χ4n) is 6.11. The van der Waals surface area contributed by atoms with Crippen molar-refractivity contribution in [2.75, 3.05) is 40.3 Å². The summed E-state index contributed by atoms with van der Waals surface area (Å²) < 4.78 is 2.26. The molecule has 4 heterocycles. The van der Waals surface area contributed by atoms with Gasteiger partial charge in [-0.3, -0.25) is 4.90 Å². The first kappa shape index (κ1) is 23.9. The maximum Gasteiger partial charge on any atom is 0.147 e. The molecule has 0 bridgehead atoms. The van der Waals surface area contributed by atoms with Crippen molar-refractivity contribution in [1.82, 2.24) is 29.2 Å². The van der Waals surface area contributed by atoms with Crippen molar-refractivity contribution in [2.45, 2.75) is 30.3 Å². The minimum absolute atomic E-state index is 0.274. The van der Waals surface area contributed by atoms with Crippen molar-refractivity contribution < 1.29 is 0 Å². The molecule has 7 heteroatoms. The summed E-state index contributed by atoms with van der Waals surface area (Å²) in [4.78, 5) is 17.5. The Hall–Kier alpha value is -3.19. The number of fused-ring (bicyclic) bond motifs is 2. The number of benzene rings is 2. The molecule has 7 rings (SSSR count). The molecule has 3 aliphatic rings. The monoisotopic (exact) mass is 524 g/mol. The summed E-state index contributed by atoms with van der Waals surface area (Å²) in [5.74, 6) is 1.59. The summed E-state index contributed by atoms with van der Waals surface area (Å²) in [5, 5.41) is 1.12. The molecule has 0 spiro atoms. The Morgan fingerprint density at radius 1 is 0.816 bits per heavy atom. The highest BCUT2D eigenvalue weighted by Crippen LogP contribution is 2.45. The van der Waals surface area contributed by atoms with E-state index in [1.165, 1.54) is 13.1 Å². The molecule has 0 radical (unpaired) electrons. The minimum atomic E-state index is -0.274. The summed E-state index contributed by atoms with van der Waals surface area (Å²) in [7, 11) is 4.24. The number of alkyl halides is 1. The van der Waals surface area contributed by atoms with Crippen molar-refractivity contribution in [3.05, 3.63) is 78.4 Å². The Labute approximate surface area is 229 Å². The summed E-state index contributed by atoms with van der Waals surface area (Å²) in [6.45, 7) is 4.66. The Balaban J connectivity index is 1.24. The molecule has 194 valence electrons. The van der Waals surface area contributed by atoms with Gasteiger partial charge in [-0.2, -0.15) is 0 Å². The van der Waals surface area contributed by atoms with Gasteiger partial charge in [0.2, 0.25) is 0 Å². The number of nitrogens with zero attached hydrogens (tertiary/aromatic N) is 6. The molecule has 1 saturated carbocycles. The molecular formula is C31H33ClN6. The van der Waals surface area contributed by atoms with E-state index in [0.29, 0.717) is 12.0 Å². The number of hydrogen-bond acceptors (Lipinski definition) is 5.